The Bertz CT molecular complexity index is 1700. The molecule has 0 spiro atoms. The van der Waals surface area contributed by atoms with Gasteiger partial charge in [-0.25, -0.2) is 4.79 Å². The number of rotatable bonds is 13. The molecule has 3 rings (SSSR count). The normalized spacial score (nSPS) is 18.2. The summed E-state index contributed by atoms with van der Waals surface area (Å²) in [6, 6.07) is 5.67. The Morgan fingerprint density at radius 2 is 0.964 bits per heavy atom. The molecule has 0 bridgehead atoms. The van der Waals surface area contributed by atoms with Crippen molar-refractivity contribution < 1.29 is 48.1 Å². The molecule has 1 heterocycles. The first kappa shape index (κ1) is 44.5. The molecular weight excluding hydrogens is 712 g/mol. The van der Waals surface area contributed by atoms with Crippen molar-refractivity contribution in [2.75, 3.05) is 0 Å². The maximum atomic E-state index is 13.6. The van der Waals surface area contributed by atoms with E-state index in [9.17, 15) is 38.4 Å². The van der Waals surface area contributed by atoms with Crippen LogP contribution in [0, 0.1) is 5.92 Å². The molecule has 5 N–H and O–H groups in total. The molecule has 16 nitrogen and oxygen atoms in total. The van der Waals surface area contributed by atoms with Gasteiger partial charge in [0.2, 0.25) is 29.5 Å². The zero-order valence-corrected chi connectivity index (χ0v) is 34.3. The molecule has 2 aliphatic rings. The number of hydrogen-bond acceptors (Lipinski definition) is 10. The Hall–Kier alpha value is -4.86. The van der Waals surface area contributed by atoms with Crippen molar-refractivity contribution in [2.24, 2.45) is 5.92 Å². The summed E-state index contributed by atoms with van der Waals surface area (Å²) in [4.78, 5) is 118. The van der Waals surface area contributed by atoms with Gasteiger partial charge in [0.1, 0.15) is 33.3 Å². The van der Waals surface area contributed by atoms with E-state index in [-0.39, 0.29) is 11.1 Å². The van der Waals surface area contributed by atoms with Crippen LogP contribution in [0.4, 0.5) is 0 Å². The van der Waals surface area contributed by atoms with Crippen molar-refractivity contribution in [3.8, 4) is 0 Å². The number of amides is 7. The molecule has 0 unspecified atom stereocenters. The molecule has 0 saturated heterocycles. The second-order valence-corrected chi connectivity index (χ2v) is 17.9. The van der Waals surface area contributed by atoms with Crippen LogP contribution in [-0.4, -0.2) is 91.6 Å². The first-order valence-electron chi connectivity index (χ1n) is 18.4. The predicted octanol–water partition coefficient (Wildman–Crippen LogP) is 2.59. The minimum absolute atomic E-state index is 0.167. The van der Waals surface area contributed by atoms with Gasteiger partial charge < -0.3 is 26.6 Å². The minimum Gasteiger partial charge on any atom is -0.350 e. The number of carbonyl (C=O) groups excluding carboxylic acids is 8. The number of imide groups is 1. The SMILES string of the molecule is CC(C)(C)OOC(=O)[C@H]1CCCC[C@@H]1NC(=O)C(C)(C)NC(=O)C(C)(C)NC(=O)C(C)(C)NC(=O)C(C)(C)NC(=O)C(C)(C)N1C(=O)c2ccccc2C1=O. The second kappa shape index (κ2) is 15.7. The number of carbonyl (C=O) groups is 8. The zero-order valence-electron chi connectivity index (χ0n) is 34.3. The maximum absolute atomic E-state index is 13.6. The number of hydrogen-bond donors (Lipinski definition) is 5. The van der Waals surface area contributed by atoms with E-state index in [2.05, 4.69) is 26.6 Å². The molecule has 1 fully saturated rings. The van der Waals surface area contributed by atoms with E-state index in [0.717, 1.165) is 17.7 Å². The Morgan fingerprint density at radius 3 is 1.38 bits per heavy atom. The van der Waals surface area contributed by atoms with Gasteiger partial charge in [-0.05, 0) is 115 Å². The molecule has 0 aromatic heterocycles. The van der Waals surface area contributed by atoms with Crippen LogP contribution < -0.4 is 26.6 Å². The quantitative estimate of drug-likeness (QED) is 0.112. The Kier molecular flexibility index (Phi) is 12.7. The van der Waals surface area contributed by atoms with Gasteiger partial charge in [0, 0.05) is 6.04 Å². The topological polar surface area (TPSA) is 218 Å². The fourth-order valence-corrected chi connectivity index (χ4v) is 5.95. The lowest BCUT2D eigenvalue weighted by atomic mass is 9.84. The lowest BCUT2D eigenvalue weighted by Crippen LogP contribution is -2.69. The highest BCUT2D eigenvalue weighted by Gasteiger charge is 2.50. The smallest absolute Gasteiger partial charge is 0.347 e. The lowest BCUT2D eigenvalue weighted by Gasteiger charge is -2.38. The van der Waals surface area contributed by atoms with E-state index in [1.807, 2.05) is 0 Å². The summed E-state index contributed by atoms with van der Waals surface area (Å²) in [7, 11) is 0. The van der Waals surface area contributed by atoms with Crippen molar-refractivity contribution in [1.29, 1.82) is 0 Å². The van der Waals surface area contributed by atoms with Crippen molar-refractivity contribution in [3.63, 3.8) is 0 Å². The van der Waals surface area contributed by atoms with E-state index >= 15 is 0 Å². The average molecular weight is 771 g/mol. The van der Waals surface area contributed by atoms with Crippen molar-refractivity contribution >= 4 is 47.3 Å². The standard InChI is InChI=1S/C39H58N6O10/c1-34(2,3)55-54-28(48)24-20-16-17-21-25(24)40-29(49)35(4,5)41-30(50)36(6,7)42-31(51)37(8,9)43-32(52)38(10,11)44-33(53)39(12,13)45-26(46)22-18-14-15-19-23(22)27(45)47/h14-15,18-19,24-25H,16-17,20-21H2,1-13H3,(H,40,49)(H,41,50)(H,42,51)(H,43,52)(H,44,53)/t24-,25-/m0/s1. The summed E-state index contributed by atoms with van der Waals surface area (Å²) in [5.41, 5.74) is -8.38. The minimum atomic E-state index is -1.69. The van der Waals surface area contributed by atoms with E-state index in [0.29, 0.717) is 12.8 Å². The average Bonchev–Trinajstić information content (AvgIpc) is 3.32. The number of fused-ring (bicyclic) bond motifs is 1. The largest absolute Gasteiger partial charge is 0.350 e. The molecular formula is C39H58N6O10. The third-order valence-corrected chi connectivity index (χ3v) is 9.64. The van der Waals surface area contributed by atoms with Gasteiger partial charge in [-0.1, -0.05) is 25.0 Å². The lowest BCUT2D eigenvalue weighted by molar-refractivity contribution is -0.324. The molecule has 7 amide bonds. The van der Waals surface area contributed by atoms with E-state index in [1.54, 1.807) is 32.9 Å². The van der Waals surface area contributed by atoms with Crippen molar-refractivity contribution in [1.82, 2.24) is 31.5 Å². The fraction of sp³-hybridized carbons (Fsp3) is 0.641. The molecule has 1 aromatic carbocycles. The van der Waals surface area contributed by atoms with Crippen molar-refractivity contribution in [3.05, 3.63) is 35.4 Å². The number of nitrogens with one attached hydrogen (secondary N) is 5. The highest BCUT2D eigenvalue weighted by molar-refractivity contribution is 6.23. The van der Waals surface area contributed by atoms with E-state index in [1.165, 1.54) is 81.4 Å². The molecule has 1 aliphatic heterocycles. The van der Waals surface area contributed by atoms with Gasteiger partial charge >= 0.3 is 5.97 Å². The van der Waals surface area contributed by atoms with Crippen LogP contribution in [0.1, 0.15) is 136 Å². The number of benzene rings is 1. The van der Waals surface area contributed by atoms with Crippen LogP contribution in [0.2, 0.25) is 0 Å². The highest BCUT2D eigenvalue weighted by Crippen LogP contribution is 2.30. The van der Waals surface area contributed by atoms with Gasteiger partial charge in [-0.3, -0.25) is 43.3 Å². The third-order valence-electron chi connectivity index (χ3n) is 9.64. The molecule has 2 atom stereocenters. The van der Waals surface area contributed by atoms with Crippen LogP contribution in [0.15, 0.2) is 24.3 Å². The van der Waals surface area contributed by atoms with Crippen LogP contribution in [-0.2, 0) is 38.5 Å². The monoisotopic (exact) mass is 770 g/mol. The molecule has 0 radical (unpaired) electrons. The highest BCUT2D eigenvalue weighted by atomic mass is 17.2. The zero-order chi connectivity index (χ0) is 42.1. The van der Waals surface area contributed by atoms with Crippen LogP contribution in [0.25, 0.3) is 0 Å². The third kappa shape index (κ3) is 10.3. The fourth-order valence-electron chi connectivity index (χ4n) is 5.95. The molecule has 304 valence electrons. The van der Waals surface area contributed by atoms with Gasteiger partial charge in [0.05, 0.1) is 17.0 Å². The summed E-state index contributed by atoms with van der Waals surface area (Å²) in [5, 5.41) is 13.4. The molecule has 55 heavy (non-hydrogen) atoms. The van der Waals surface area contributed by atoms with E-state index < -0.39 is 92.6 Å². The molecule has 1 aliphatic carbocycles. The summed E-state index contributed by atoms with van der Waals surface area (Å²) < 4.78 is 0. The summed E-state index contributed by atoms with van der Waals surface area (Å²) in [5.74, 6) is -6.07. The van der Waals surface area contributed by atoms with Gasteiger partial charge in [0.25, 0.3) is 11.8 Å². The predicted molar refractivity (Wildman–Crippen MR) is 201 cm³/mol. The number of nitrogens with zero attached hydrogens (tertiary/aromatic N) is 1. The van der Waals surface area contributed by atoms with Crippen molar-refractivity contribution in [2.45, 2.75) is 155 Å². The van der Waals surface area contributed by atoms with Crippen LogP contribution in [0.3, 0.4) is 0 Å². The first-order chi connectivity index (χ1) is 24.9. The van der Waals surface area contributed by atoms with Gasteiger partial charge in [-0.2, -0.15) is 4.89 Å². The summed E-state index contributed by atoms with van der Waals surface area (Å²) in [6.07, 6.45) is 2.57. The van der Waals surface area contributed by atoms with Crippen LogP contribution >= 0.6 is 0 Å². The summed E-state index contributed by atoms with van der Waals surface area (Å²) >= 11 is 0. The molecule has 1 saturated carbocycles. The second-order valence-electron chi connectivity index (χ2n) is 17.9. The first-order valence-corrected chi connectivity index (χ1v) is 18.4. The Balaban J connectivity index is 1.62. The summed E-state index contributed by atoms with van der Waals surface area (Å²) in [6.45, 7) is 19.5. The maximum Gasteiger partial charge on any atom is 0.347 e. The Morgan fingerprint density at radius 1 is 0.582 bits per heavy atom. The van der Waals surface area contributed by atoms with Crippen LogP contribution in [0.5, 0.6) is 0 Å². The van der Waals surface area contributed by atoms with E-state index in [4.69, 9.17) is 9.78 Å². The van der Waals surface area contributed by atoms with Gasteiger partial charge in [-0.15, -0.1) is 0 Å². The Labute approximate surface area is 322 Å². The molecule has 16 heteroatoms. The molecule has 1 aromatic rings. The van der Waals surface area contributed by atoms with Gasteiger partial charge in [0.15, 0.2) is 0 Å².